The Kier molecular flexibility index (Phi) is 8.70. The SMILES string of the molecule is CCOC(CNCCN)O[Si](OC)(OC)c1ccccc1. The highest BCUT2D eigenvalue weighted by atomic mass is 28.4. The molecule has 0 aromatic heterocycles. The Hall–Kier alpha value is -0.803. The van der Waals surface area contributed by atoms with Crippen LogP contribution in [0.15, 0.2) is 30.3 Å². The predicted molar refractivity (Wildman–Crippen MR) is 84.3 cm³/mol. The average Bonchev–Trinajstić information content (AvgIpc) is 2.54. The van der Waals surface area contributed by atoms with Gasteiger partial charge < -0.3 is 29.1 Å². The van der Waals surface area contributed by atoms with Gasteiger partial charge in [0.15, 0.2) is 6.29 Å². The molecule has 0 heterocycles. The fourth-order valence-corrected chi connectivity index (χ4v) is 4.01. The molecule has 1 atom stereocenters. The van der Waals surface area contributed by atoms with Gasteiger partial charge in [-0.1, -0.05) is 30.3 Å². The van der Waals surface area contributed by atoms with Gasteiger partial charge in [-0.3, -0.25) is 0 Å². The quantitative estimate of drug-likeness (QED) is 0.342. The van der Waals surface area contributed by atoms with E-state index in [2.05, 4.69) is 5.32 Å². The van der Waals surface area contributed by atoms with Crippen LogP contribution < -0.4 is 16.2 Å². The van der Waals surface area contributed by atoms with E-state index in [1.807, 2.05) is 37.3 Å². The number of ether oxygens (including phenoxy) is 1. The molecule has 7 heteroatoms. The van der Waals surface area contributed by atoms with Gasteiger partial charge in [0.25, 0.3) is 0 Å². The normalized spacial score (nSPS) is 13.3. The van der Waals surface area contributed by atoms with Crippen molar-refractivity contribution in [3.63, 3.8) is 0 Å². The summed E-state index contributed by atoms with van der Waals surface area (Å²) in [5.74, 6) is 0. The van der Waals surface area contributed by atoms with Gasteiger partial charge in [-0.05, 0) is 6.92 Å². The van der Waals surface area contributed by atoms with Crippen LogP contribution in [0.2, 0.25) is 0 Å². The minimum atomic E-state index is -2.98. The van der Waals surface area contributed by atoms with Crippen molar-refractivity contribution in [3.05, 3.63) is 30.3 Å². The molecule has 0 amide bonds. The third kappa shape index (κ3) is 5.48. The van der Waals surface area contributed by atoms with Crippen molar-refractivity contribution in [3.8, 4) is 0 Å². The lowest BCUT2D eigenvalue weighted by molar-refractivity contribution is -0.105. The Morgan fingerprint density at radius 1 is 1.19 bits per heavy atom. The zero-order valence-electron chi connectivity index (χ0n) is 13.0. The van der Waals surface area contributed by atoms with E-state index in [0.717, 1.165) is 5.19 Å². The van der Waals surface area contributed by atoms with Crippen molar-refractivity contribution in [2.75, 3.05) is 40.5 Å². The van der Waals surface area contributed by atoms with Crippen LogP contribution in [0.3, 0.4) is 0 Å². The summed E-state index contributed by atoms with van der Waals surface area (Å²) >= 11 is 0. The Balaban J connectivity index is 2.82. The smallest absolute Gasteiger partial charge is 0.373 e. The van der Waals surface area contributed by atoms with E-state index in [4.69, 9.17) is 23.7 Å². The summed E-state index contributed by atoms with van der Waals surface area (Å²) in [7, 11) is 0.216. The first kappa shape index (κ1) is 18.2. The highest BCUT2D eigenvalue weighted by molar-refractivity contribution is 6.75. The lowest BCUT2D eigenvalue weighted by Crippen LogP contribution is -2.58. The Labute approximate surface area is 127 Å². The van der Waals surface area contributed by atoms with Crippen LogP contribution in [0.4, 0.5) is 0 Å². The third-order valence-corrected chi connectivity index (χ3v) is 5.62. The first-order valence-electron chi connectivity index (χ1n) is 7.08. The van der Waals surface area contributed by atoms with Gasteiger partial charge in [0, 0.05) is 45.6 Å². The van der Waals surface area contributed by atoms with E-state index in [0.29, 0.717) is 26.2 Å². The van der Waals surface area contributed by atoms with Crippen molar-refractivity contribution >= 4 is 14.0 Å². The zero-order chi connectivity index (χ0) is 15.6. The minimum absolute atomic E-state index is 0.451. The first-order valence-corrected chi connectivity index (χ1v) is 8.81. The molecule has 0 saturated carbocycles. The molecule has 3 N–H and O–H groups in total. The van der Waals surface area contributed by atoms with Crippen LogP contribution in [0, 0.1) is 0 Å². The second kappa shape index (κ2) is 10.0. The lowest BCUT2D eigenvalue weighted by Gasteiger charge is -2.31. The Morgan fingerprint density at radius 2 is 1.86 bits per heavy atom. The van der Waals surface area contributed by atoms with Gasteiger partial charge in [-0.15, -0.1) is 0 Å². The second-order valence-corrected chi connectivity index (χ2v) is 7.07. The van der Waals surface area contributed by atoms with E-state index in [1.54, 1.807) is 14.2 Å². The van der Waals surface area contributed by atoms with Crippen LogP contribution in [0.25, 0.3) is 0 Å². The summed E-state index contributed by atoms with van der Waals surface area (Å²) in [5, 5.41) is 4.08. The molecule has 1 aromatic carbocycles. The molecule has 1 aromatic rings. The molecule has 0 fully saturated rings. The predicted octanol–water partition coefficient (Wildman–Crippen LogP) is 0.0528. The molecule has 0 aliphatic rings. The maximum Gasteiger partial charge on any atom is 0.538 e. The van der Waals surface area contributed by atoms with Crippen LogP contribution in [0.5, 0.6) is 0 Å². The number of benzene rings is 1. The molecule has 0 saturated heterocycles. The molecule has 0 aliphatic heterocycles. The van der Waals surface area contributed by atoms with Crippen molar-refractivity contribution < 1.29 is 18.0 Å². The van der Waals surface area contributed by atoms with Crippen molar-refractivity contribution in [2.45, 2.75) is 13.2 Å². The van der Waals surface area contributed by atoms with E-state index in [-0.39, 0.29) is 0 Å². The number of nitrogens with one attached hydrogen (secondary N) is 1. The van der Waals surface area contributed by atoms with Crippen molar-refractivity contribution in [1.29, 1.82) is 0 Å². The Bertz CT molecular complexity index is 376. The van der Waals surface area contributed by atoms with E-state index in [9.17, 15) is 0 Å². The lowest BCUT2D eigenvalue weighted by atomic mass is 10.4. The molecule has 1 rings (SSSR count). The molecule has 0 spiro atoms. The summed E-state index contributed by atoms with van der Waals surface area (Å²) in [6, 6.07) is 9.68. The maximum atomic E-state index is 6.08. The minimum Gasteiger partial charge on any atom is -0.373 e. The van der Waals surface area contributed by atoms with Gasteiger partial charge in [0.05, 0.1) is 0 Å². The highest BCUT2D eigenvalue weighted by Crippen LogP contribution is 2.12. The summed E-state index contributed by atoms with van der Waals surface area (Å²) in [5.41, 5.74) is 5.47. The summed E-state index contributed by atoms with van der Waals surface area (Å²) in [6.45, 7) is 4.26. The Morgan fingerprint density at radius 3 is 2.38 bits per heavy atom. The summed E-state index contributed by atoms with van der Waals surface area (Å²) in [6.07, 6.45) is -0.451. The average molecular weight is 314 g/mol. The molecular formula is C14H26N2O4Si. The molecule has 1 unspecified atom stereocenters. The van der Waals surface area contributed by atoms with Gasteiger partial charge >= 0.3 is 8.80 Å². The molecule has 120 valence electrons. The number of nitrogens with two attached hydrogens (primary N) is 1. The molecule has 6 nitrogen and oxygen atoms in total. The van der Waals surface area contributed by atoms with Gasteiger partial charge in [0.1, 0.15) is 0 Å². The van der Waals surface area contributed by atoms with Crippen LogP contribution in [0.1, 0.15) is 6.92 Å². The fourth-order valence-electron chi connectivity index (χ4n) is 1.94. The van der Waals surface area contributed by atoms with Crippen LogP contribution in [-0.2, 0) is 18.0 Å². The van der Waals surface area contributed by atoms with Crippen LogP contribution in [-0.4, -0.2) is 55.6 Å². The van der Waals surface area contributed by atoms with E-state index >= 15 is 0 Å². The van der Waals surface area contributed by atoms with Crippen LogP contribution >= 0.6 is 0 Å². The second-order valence-electron chi connectivity index (χ2n) is 4.33. The fraction of sp³-hybridized carbons (Fsp3) is 0.571. The van der Waals surface area contributed by atoms with Crippen molar-refractivity contribution in [1.82, 2.24) is 5.32 Å². The van der Waals surface area contributed by atoms with E-state index < -0.39 is 15.1 Å². The monoisotopic (exact) mass is 314 g/mol. The number of rotatable bonds is 11. The highest BCUT2D eigenvalue weighted by Gasteiger charge is 2.44. The summed E-state index contributed by atoms with van der Waals surface area (Å²) in [4.78, 5) is 0. The standard InChI is InChI=1S/C14H26N2O4Si/c1-4-19-14(12-16-11-10-15)20-21(17-2,18-3)13-8-6-5-7-9-13/h5-9,14,16H,4,10-12,15H2,1-3H3. The summed E-state index contributed by atoms with van der Waals surface area (Å²) < 4.78 is 22.9. The number of hydrogen-bond acceptors (Lipinski definition) is 6. The molecule has 0 bridgehead atoms. The van der Waals surface area contributed by atoms with Crippen molar-refractivity contribution in [2.24, 2.45) is 5.73 Å². The van der Waals surface area contributed by atoms with E-state index in [1.165, 1.54) is 0 Å². The maximum absolute atomic E-state index is 6.08. The van der Waals surface area contributed by atoms with Gasteiger partial charge in [-0.2, -0.15) is 0 Å². The third-order valence-electron chi connectivity index (χ3n) is 2.94. The largest absolute Gasteiger partial charge is 0.538 e. The topological polar surface area (TPSA) is 75.0 Å². The zero-order valence-corrected chi connectivity index (χ0v) is 14.0. The molecule has 21 heavy (non-hydrogen) atoms. The number of hydrogen-bond donors (Lipinski definition) is 2. The molecular weight excluding hydrogens is 288 g/mol. The molecule has 0 aliphatic carbocycles. The van der Waals surface area contributed by atoms with Gasteiger partial charge in [0.2, 0.25) is 0 Å². The molecule has 0 radical (unpaired) electrons. The first-order chi connectivity index (χ1) is 10.2. The van der Waals surface area contributed by atoms with Gasteiger partial charge in [-0.25, -0.2) is 0 Å².